The maximum absolute atomic E-state index is 10.3. The summed E-state index contributed by atoms with van der Waals surface area (Å²) in [7, 11) is 0. The molecule has 0 radical (unpaired) electrons. The summed E-state index contributed by atoms with van der Waals surface area (Å²) in [4.78, 5) is 0. The van der Waals surface area contributed by atoms with E-state index in [2.05, 4.69) is 0 Å². The fraction of sp³-hybridized carbons (Fsp3) is 0.571. The van der Waals surface area contributed by atoms with Gasteiger partial charge in [-0.25, -0.2) is 0 Å². The van der Waals surface area contributed by atoms with Crippen molar-refractivity contribution in [2.24, 2.45) is 5.73 Å². The second-order valence-corrected chi connectivity index (χ2v) is 4.92. The third-order valence-electron chi connectivity index (χ3n) is 3.45. The molecule has 1 fully saturated rings. The van der Waals surface area contributed by atoms with Crippen LogP contribution in [0.5, 0.6) is 5.75 Å². The van der Waals surface area contributed by atoms with Crippen molar-refractivity contribution in [3.8, 4) is 5.75 Å². The smallest absolute Gasteiger partial charge is 0.119 e. The van der Waals surface area contributed by atoms with Crippen LogP contribution in [-0.4, -0.2) is 17.3 Å². The molecule has 0 heterocycles. The van der Waals surface area contributed by atoms with Crippen LogP contribution in [0.1, 0.15) is 37.7 Å². The minimum atomic E-state index is -0.620. The van der Waals surface area contributed by atoms with E-state index in [-0.39, 0.29) is 0 Å². The lowest BCUT2D eigenvalue weighted by Gasteiger charge is -2.31. The van der Waals surface area contributed by atoms with Crippen LogP contribution in [-0.2, 0) is 6.54 Å². The SMILES string of the molecule is NCc1ccc(OCC2(O)CCCCC2)cc1. The van der Waals surface area contributed by atoms with E-state index in [1.165, 1.54) is 6.42 Å². The maximum Gasteiger partial charge on any atom is 0.119 e. The molecular weight excluding hydrogens is 214 g/mol. The summed E-state index contributed by atoms with van der Waals surface area (Å²) in [6.45, 7) is 0.944. The van der Waals surface area contributed by atoms with Gasteiger partial charge in [-0.2, -0.15) is 0 Å². The average molecular weight is 235 g/mol. The highest BCUT2D eigenvalue weighted by atomic mass is 16.5. The van der Waals surface area contributed by atoms with Crippen molar-refractivity contribution in [1.82, 2.24) is 0 Å². The van der Waals surface area contributed by atoms with Gasteiger partial charge in [-0.05, 0) is 30.5 Å². The lowest BCUT2D eigenvalue weighted by molar-refractivity contribution is -0.0339. The summed E-state index contributed by atoms with van der Waals surface area (Å²) in [5.41, 5.74) is 6.00. The second kappa shape index (κ2) is 5.52. The van der Waals surface area contributed by atoms with Crippen molar-refractivity contribution < 1.29 is 9.84 Å². The molecule has 1 aromatic rings. The Hall–Kier alpha value is -1.06. The highest BCUT2D eigenvalue weighted by Crippen LogP contribution is 2.28. The Kier molecular flexibility index (Phi) is 4.02. The fourth-order valence-electron chi connectivity index (χ4n) is 2.29. The maximum atomic E-state index is 10.3. The Morgan fingerprint density at radius 3 is 2.35 bits per heavy atom. The van der Waals surface area contributed by atoms with Crippen molar-refractivity contribution in [3.05, 3.63) is 29.8 Å². The van der Waals surface area contributed by atoms with E-state index in [1.807, 2.05) is 24.3 Å². The Morgan fingerprint density at radius 2 is 1.76 bits per heavy atom. The Labute approximate surface area is 103 Å². The van der Waals surface area contributed by atoms with Gasteiger partial charge < -0.3 is 15.6 Å². The molecule has 0 amide bonds. The molecule has 94 valence electrons. The summed E-state index contributed by atoms with van der Waals surface area (Å²) in [5, 5.41) is 10.3. The van der Waals surface area contributed by atoms with E-state index < -0.39 is 5.60 Å². The number of benzene rings is 1. The monoisotopic (exact) mass is 235 g/mol. The first-order chi connectivity index (χ1) is 8.22. The van der Waals surface area contributed by atoms with E-state index in [4.69, 9.17) is 10.5 Å². The van der Waals surface area contributed by atoms with Crippen LogP contribution in [0.2, 0.25) is 0 Å². The lowest BCUT2D eigenvalue weighted by atomic mass is 9.85. The number of hydrogen-bond donors (Lipinski definition) is 2. The molecule has 0 atom stereocenters. The van der Waals surface area contributed by atoms with Crippen LogP contribution in [0, 0.1) is 0 Å². The van der Waals surface area contributed by atoms with Gasteiger partial charge in [-0.3, -0.25) is 0 Å². The molecule has 1 aromatic carbocycles. The lowest BCUT2D eigenvalue weighted by Crippen LogP contribution is -2.37. The number of nitrogens with two attached hydrogens (primary N) is 1. The standard InChI is InChI=1S/C14H21NO2/c15-10-12-4-6-13(7-5-12)17-11-14(16)8-2-1-3-9-14/h4-7,16H,1-3,8-11,15H2. The molecule has 3 N–H and O–H groups in total. The zero-order valence-corrected chi connectivity index (χ0v) is 10.2. The summed E-state index contributed by atoms with van der Waals surface area (Å²) < 4.78 is 5.66. The molecule has 0 spiro atoms. The van der Waals surface area contributed by atoms with Gasteiger partial charge in [0.05, 0.1) is 5.60 Å². The van der Waals surface area contributed by atoms with Crippen LogP contribution >= 0.6 is 0 Å². The average Bonchev–Trinajstić information content (AvgIpc) is 2.38. The Bertz CT molecular complexity index is 342. The zero-order valence-electron chi connectivity index (χ0n) is 10.2. The minimum absolute atomic E-state index is 0.398. The minimum Gasteiger partial charge on any atom is -0.491 e. The molecule has 0 bridgehead atoms. The molecule has 3 nitrogen and oxygen atoms in total. The molecule has 1 aliphatic carbocycles. The third-order valence-corrected chi connectivity index (χ3v) is 3.45. The van der Waals surface area contributed by atoms with Gasteiger partial charge in [-0.1, -0.05) is 31.4 Å². The molecule has 2 rings (SSSR count). The number of ether oxygens (including phenoxy) is 1. The Balaban J connectivity index is 1.87. The van der Waals surface area contributed by atoms with E-state index in [0.29, 0.717) is 13.2 Å². The first kappa shape index (κ1) is 12.4. The van der Waals surface area contributed by atoms with Crippen LogP contribution in [0.3, 0.4) is 0 Å². The van der Waals surface area contributed by atoms with Crippen molar-refractivity contribution in [1.29, 1.82) is 0 Å². The zero-order chi connectivity index (χ0) is 12.1. The molecule has 0 aromatic heterocycles. The van der Waals surface area contributed by atoms with Gasteiger partial charge in [0.1, 0.15) is 12.4 Å². The number of hydrogen-bond acceptors (Lipinski definition) is 3. The summed E-state index contributed by atoms with van der Waals surface area (Å²) >= 11 is 0. The fourth-order valence-corrected chi connectivity index (χ4v) is 2.29. The summed E-state index contributed by atoms with van der Waals surface area (Å²) in [5.74, 6) is 0.807. The van der Waals surface area contributed by atoms with Crippen molar-refractivity contribution in [2.45, 2.75) is 44.2 Å². The third kappa shape index (κ3) is 3.45. The molecule has 0 unspecified atom stereocenters. The first-order valence-electron chi connectivity index (χ1n) is 6.36. The van der Waals surface area contributed by atoms with Crippen LogP contribution in [0.25, 0.3) is 0 Å². The van der Waals surface area contributed by atoms with Gasteiger partial charge in [-0.15, -0.1) is 0 Å². The quantitative estimate of drug-likeness (QED) is 0.841. The predicted octanol–water partition coefficient (Wildman–Crippen LogP) is 2.22. The van der Waals surface area contributed by atoms with Gasteiger partial charge >= 0.3 is 0 Å². The largest absolute Gasteiger partial charge is 0.491 e. The van der Waals surface area contributed by atoms with Gasteiger partial charge in [0.25, 0.3) is 0 Å². The molecule has 0 saturated heterocycles. The molecule has 3 heteroatoms. The van der Waals surface area contributed by atoms with E-state index in [1.54, 1.807) is 0 Å². The van der Waals surface area contributed by atoms with Crippen molar-refractivity contribution in [2.75, 3.05) is 6.61 Å². The molecule has 0 aliphatic heterocycles. The van der Waals surface area contributed by atoms with Crippen LogP contribution < -0.4 is 10.5 Å². The van der Waals surface area contributed by atoms with Gasteiger partial charge in [0.15, 0.2) is 0 Å². The highest BCUT2D eigenvalue weighted by Gasteiger charge is 2.29. The van der Waals surface area contributed by atoms with Crippen molar-refractivity contribution >= 4 is 0 Å². The van der Waals surface area contributed by atoms with Crippen molar-refractivity contribution in [3.63, 3.8) is 0 Å². The first-order valence-corrected chi connectivity index (χ1v) is 6.36. The van der Waals surface area contributed by atoms with E-state index >= 15 is 0 Å². The van der Waals surface area contributed by atoms with Gasteiger partial charge in [0.2, 0.25) is 0 Å². The van der Waals surface area contributed by atoms with Gasteiger partial charge in [0, 0.05) is 6.54 Å². The number of rotatable bonds is 4. The normalized spacial score (nSPS) is 18.9. The summed E-state index contributed by atoms with van der Waals surface area (Å²) in [6, 6.07) is 7.74. The number of aliphatic hydroxyl groups is 1. The predicted molar refractivity (Wildman–Crippen MR) is 67.9 cm³/mol. The molecule has 1 aliphatic rings. The summed E-state index contributed by atoms with van der Waals surface area (Å²) in [6.07, 6.45) is 5.15. The van der Waals surface area contributed by atoms with E-state index in [9.17, 15) is 5.11 Å². The molecule has 17 heavy (non-hydrogen) atoms. The second-order valence-electron chi connectivity index (χ2n) is 4.92. The Morgan fingerprint density at radius 1 is 1.12 bits per heavy atom. The topological polar surface area (TPSA) is 55.5 Å². The van der Waals surface area contributed by atoms with Crippen LogP contribution in [0.15, 0.2) is 24.3 Å². The molecular formula is C14H21NO2. The van der Waals surface area contributed by atoms with E-state index in [0.717, 1.165) is 37.0 Å². The molecule has 1 saturated carbocycles. The van der Waals surface area contributed by atoms with Crippen LogP contribution in [0.4, 0.5) is 0 Å². The highest BCUT2D eigenvalue weighted by molar-refractivity contribution is 5.27.